The number of rotatable bonds is 7. The molecule has 0 saturated carbocycles. The van der Waals surface area contributed by atoms with E-state index in [1.165, 1.54) is 0 Å². The molecule has 0 fully saturated rings. The zero-order chi connectivity index (χ0) is 10.2. The highest BCUT2D eigenvalue weighted by molar-refractivity contribution is 7.99. The van der Waals surface area contributed by atoms with E-state index in [0.717, 1.165) is 24.6 Å². The van der Waals surface area contributed by atoms with Gasteiger partial charge in [0.15, 0.2) is 0 Å². The van der Waals surface area contributed by atoms with Gasteiger partial charge in [0.2, 0.25) is 0 Å². The predicted octanol–water partition coefficient (Wildman–Crippen LogP) is 2.68. The fourth-order valence-corrected chi connectivity index (χ4v) is 1.92. The largest absolute Gasteiger partial charge is 0.468 e. The van der Waals surface area contributed by atoms with Crippen molar-refractivity contribution in [1.82, 2.24) is 5.32 Å². The topological polar surface area (TPSA) is 25.2 Å². The van der Waals surface area contributed by atoms with Crippen molar-refractivity contribution in [1.29, 1.82) is 0 Å². The lowest BCUT2D eigenvalue weighted by Gasteiger charge is -2.10. The highest BCUT2D eigenvalue weighted by Gasteiger charge is 2.03. The molecule has 1 N–H and O–H groups in total. The molecule has 1 atom stereocenters. The predicted molar refractivity (Wildman–Crippen MR) is 62.5 cm³/mol. The van der Waals surface area contributed by atoms with Crippen molar-refractivity contribution >= 4 is 11.8 Å². The van der Waals surface area contributed by atoms with Gasteiger partial charge in [-0.05, 0) is 12.1 Å². The van der Waals surface area contributed by atoms with Crippen LogP contribution in [0.3, 0.4) is 0 Å². The fourth-order valence-electron chi connectivity index (χ4n) is 1.07. The van der Waals surface area contributed by atoms with Crippen LogP contribution in [0.4, 0.5) is 0 Å². The standard InChI is InChI=1S/C11H17NOS/c1-3-6-12-8-10(2)14-9-11-5-4-7-13-11/h3-5,7,10,12H,1,6,8-9H2,2H3. The molecule has 0 amide bonds. The van der Waals surface area contributed by atoms with Gasteiger partial charge in [0.1, 0.15) is 5.76 Å². The summed E-state index contributed by atoms with van der Waals surface area (Å²) < 4.78 is 5.25. The lowest BCUT2D eigenvalue weighted by Crippen LogP contribution is -2.22. The van der Waals surface area contributed by atoms with E-state index in [9.17, 15) is 0 Å². The van der Waals surface area contributed by atoms with Gasteiger partial charge in [0.05, 0.1) is 12.0 Å². The minimum absolute atomic E-state index is 0.597. The van der Waals surface area contributed by atoms with Gasteiger partial charge in [-0.15, -0.1) is 18.3 Å². The summed E-state index contributed by atoms with van der Waals surface area (Å²) in [4.78, 5) is 0. The quantitative estimate of drug-likeness (QED) is 0.554. The van der Waals surface area contributed by atoms with Crippen LogP contribution in [-0.2, 0) is 5.75 Å². The van der Waals surface area contributed by atoms with E-state index in [-0.39, 0.29) is 0 Å². The average Bonchev–Trinajstić information content (AvgIpc) is 2.68. The normalized spacial score (nSPS) is 12.6. The number of thioether (sulfide) groups is 1. The monoisotopic (exact) mass is 211 g/mol. The van der Waals surface area contributed by atoms with Gasteiger partial charge in [0, 0.05) is 18.3 Å². The molecule has 1 rings (SSSR count). The molecule has 0 aliphatic carbocycles. The number of hydrogen-bond donors (Lipinski definition) is 1. The van der Waals surface area contributed by atoms with Crippen molar-refractivity contribution in [2.24, 2.45) is 0 Å². The Labute approximate surface area is 89.8 Å². The van der Waals surface area contributed by atoms with Crippen LogP contribution < -0.4 is 5.32 Å². The Balaban J connectivity index is 2.08. The summed E-state index contributed by atoms with van der Waals surface area (Å²) >= 11 is 1.89. The first kappa shape index (κ1) is 11.4. The van der Waals surface area contributed by atoms with Crippen molar-refractivity contribution in [2.75, 3.05) is 13.1 Å². The second kappa shape index (κ2) is 6.74. The first-order valence-electron chi connectivity index (χ1n) is 4.78. The second-order valence-corrected chi connectivity index (χ2v) is 4.57. The molecule has 1 aromatic heterocycles. The van der Waals surface area contributed by atoms with Crippen LogP contribution in [0.1, 0.15) is 12.7 Å². The minimum Gasteiger partial charge on any atom is -0.468 e. The Morgan fingerprint density at radius 2 is 2.57 bits per heavy atom. The highest BCUT2D eigenvalue weighted by atomic mass is 32.2. The average molecular weight is 211 g/mol. The Morgan fingerprint density at radius 3 is 3.21 bits per heavy atom. The van der Waals surface area contributed by atoms with Crippen molar-refractivity contribution in [2.45, 2.75) is 17.9 Å². The van der Waals surface area contributed by atoms with Crippen LogP contribution in [0.15, 0.2) is 35.5 Å². The molecular formula is C11H17NOS. The zero-order valence-corrected chi connectivity index (χ0v) is 9.35. The highest BCUT2D eigenvalue weighted by Crippen LogP contribution is 2.17. The van der Waals surface area contributed by atoms with E-state index in [0.29, 0.717) is 5.25 Å². The summed E-state index contributed by atoms with van der Waals surface area (Å²) in [6.45, 7) is 7.76. The number of hydrogen-bond acceptors (Lipinski definition) is 3. The van der Waals surface area contributed by atoms with Crippen molar-refractivity contribution < 1.29 is 4.42 Å². The van der Waals surface area contributed by atoms with E-state index in [4.69, 9.17) is 4.42 Å². The number of nitrogens with one attached hydrogen (secondary N) is 1. The molecule has 1 aromatic rings. The number of furan rings is 1. The van der Waals surface area contributed by atoms with E-state index >= 15 is 0 Å². The van der Waals surface area contributed by atoms with E-state index < -0.39 is 0 Å². The molecule has 0 bridgehead atoms. The van der Waals surface area contributed by atoms with Crippen LogP contribution >= 0.6 is 11.8 Å². The molecule has 2 nitrogen and oxygen atoms in total. The molecule has 0 saturated heterocycles. The van der Waals surface area contributed by atoms with Gasteiger partial charge in [-0.25, -0.2) is 0 Å². The summed E-state index contributed by atoms with van der Waals surface area (Å²) in [5.41, 5.74) is 0. The lowest BCUT2D eigenvalue weighted by molar-refractivity contribution is 0.530. The van der Waals surface area contributed by atoms with Crippen LogP contribution in [-0.4, -0.2) is 18.3 Å². The van der Waals surface area contributed by atoms with Gasteiger partial charge in [-0.3, -0.25) is 0 Å². The molecule has 14 heavy (non-hydrogen) atoms. The molecule has 78 valence electrons. The summed E-state index contributed by atoms with van der Waals surface area (Å²) in [5.74, 6) is 2.00. The molecular weight excluding hydrogens is 194 g/mol. The Morgan fingerprint density at radius 1 is 1.71 bits per heavy atom. The van der Waals surface area contributed by atoms with Crippen LogP contribution in [0.5, 0.6) is 0 Å². The molecule has 1 unspecified atom stereocenters. The maximum atomic E-state index is 5.25. The van der Waals surface area contributed by atoms with Gasteiger partial charge >= 0.3 is 0 Å². The SMILES string of the molecule is C=CCNCC(C)SCc1ccco1. The van der Waals surface area contributed by atoms with Crippen LogP contribution in [0, 0.1) is 0 Å². The Kier molecular flexibility index (Phi) is 5.49. The molecule has 0 radical (unpaired) electrons. The van der Waals surface area contributed by atoms with Crippen molar-refractivity contribution in [3.63, 3.8) is 0 Å². The maximum absolute atomic E-state index is 5.25. The first-order chi connectivity index (χ1) is 6.83. The summed E-state index contributed by atoms with van der Waals surface area (Å²) in [7, 11) is 0. The van der Waals surface area contributed by atoms with Crippen molar-refractivity contribution in [3.05, 3.63) is 36.8 Å². The third-order valence-corrected chi connectivity index (χ3v) is 3.00. The Bertz CT molecular complexity index is 246. The minimum atomic E-state index is 0.597. The van der Waals surface area contributed by atoms with Crippen LogP contribution in [0.2, 0.25) is 0 Å². The first-order valence-corrected chi connectivity index (χ1v) is 5.83. The van der Waals surface area contributed by atoms with E-state index in [1.807, 2.05) is 30.0 Å². The van der Waals surface area contributed by atoms with Gasteiger partial charge in [-0.1, -0.05) is 13.0 Å². The van der Waals surface area contributed by atoms with Gasteiger partial charge < -0.3 is 9.73 Å². The summed E-state index contributed by atoms with van der Waals surface area (Å²) in [5, 5.41) is 3.89. The van der Waals surface area contributed by atoms with Crippen LogP contribution in [0.25, 0.3) is 0 Å². The molecule has 0 aliphatic heterocycles. The molecule has 0 aliphatic rings. The molecule has 1 heterocycles. The van der Waals surface area contributed by atoms with Gasteiger partial charge in [-0.2, -0.15) is 0 Å². The summed E-state index contributed by atoms with van der Waals surface area (Å²) in [6.07, 6.45) is 3.60. The molecule has 0 aromatic carbocycles. The summed E-state index contributed by atoms with van der Waals surface area (Å²) in [6, 6.07) is 3.94. The third kappa shape index (κ3) is 4.53. The zero-order valence-electron chi connectivity index (χ0n) is 8.53. The smallest absolute Gasteiger partial charge is 0.113 e. The van der Waals surface area contributed by atoms with E-state index in [2.05, 4.69) is 18.8 Å². The lowest BCUT2D eigenvalue weighted by atomic mass is 10.4. The Hall–Kier alpha value is -0.670. The third-order valence-electron chi connectivity index (χ3n) is 1.81. The second-order valence-electron chi connectivity index (χ2n) is 3.15. The van der Waals surface area contributed by atoms with E-state index in [1.54, 1.807) is 6.26 Å². The molecule has 3 heteroatoms. The molecule has 0 spiro atoms. The fraction of sp³-hybridized carbons (Fsp3) is 0.455. The van der Waals surface area contributed by atoms with Gasteiger partial charge in [0.25, 0.3) is 0 Å². The van der Waals surface area contributed by atoms with Crippen molar-refractivity contribution in [3.8, 4) is 0 Å². The maximum Gasteiger partial charge on any atom is 0.113 e.